The van der Waals surface area contributed by atoms with E-state index in [0.717, 1.165) is 36.7 Å². The maximum Gasteiger partial charge on any atom is 0.231 e. The molecule has 2 N–H and O–H groups in total. The van der Waals surface area contributed by atoms with Crippen molar-refractivity contribution in [3.8, 4) is 17.2 Å². The van der Waals surface area contributed by atoms with Gasteiger partial charge in [-0.3, -0.25) is 0 Å². The van der Waals surface area contributed by atoms with E-state index in [4.69, 9.17) is 19.9 Å². The van der Waals surface area contributed by atoms with Gasteiger partial charge in [-0.1, -0.05) is 6.42 Å². The van der Waals surface area contributed by atoms with Crippen LogP contribution in [0, 0.1) is 5.92 Å². The molecule has 2 unspecified atom stereocenters. The van der Waals surface area contributed by atoms with Gasteiger partial charge in [-0.15, -0.1) is 0 Å². The fourth-order valence-corrected chi connectivity index (χ4v) is 2.72. The molecule has 0 spiro atoms. The number of rotatable bonds is 4. The van der Waals surface area contributed by atoms with Crippen molar-refractivity contribution in [3.63, 3.8) is 0 Å². The molecule has 2 atom stereocenters. The minimum atomic E-state index is 0.301. The lowest BCUT2D eigenvalue weighted by Gasteiger charge is -2.15. The molecule has 0 saturated heterocycles. The Labute approximate surface area is 107 Å². The maximum absolute atomic E-state index is 6.04. The Balaban J connectivity index is 1.51. The van der Waals surface area contributed by atoms with Gasteiger partial charge in [0.15, 0.2) is 11.5 Å². The molecule has 0 amide bonds. The Hall–Kier alpha value is -1.42. The van der Waals surface area contributed by atoms with Crippen molar-refractivity contribution in [1.82, 2.24) is 0 Å². The molecule has 98 valence electrons. The minimum absolute atomic E-state index is 0.301. The van der Waals surface area contributed by atoms with E-state index in [1.54, 1.807) is 0 Å². The third kappa shape index (κ3) is 2.38. The first-order valence-corrected chi connectivity index (χ1v) is 6.61. The summed E-state index contributed by atoms with van der Waals surface area (Å²) in [6.45, 7) is 1.02. The third-order valence-electron chi connectivity index (χ3n) is 3.82. The summed E-state index contributed by atoms with van der Waals surface area (Å²) in [4.78, 5) is 0. The van der Waals surface area contributed by atoms with E-state index in [2.05, 4.69) is 0 Å². The van der Waals surface area contributed by atoms with E-state index in [9.17, 15) is 0 Å². The van der Waals surface area contributed by atoms with E-state index in [1.165, 1.54) is 12.8 Å². The second-order valence-corrected chi connectivity index (χ2v) is 5.01. The normalized spacial score (nSPS) is 25.4. The molecule has 1 fully saturated rings. The first kappa shape index (κ1) is 11.7. The van der Waals surface area contributed by atoms with Gasteiger partial charge >= 0.3 is 0 Å². The van der Waals surface area contributed by atoms with Gasteiger partial charge in [0.05, 0.1) is 6.61 Å². The van der Waals surface area contributed by atoms with E-state index in [1.807, 2.05) is 18.2 Å². The van der Waals surface area contributed by atoms with Crippen molar-refractivity contribution in [3.05, 3.63) is 18.2 Å². The number of fused-ring (bicyclic) bond motifs is 1. The van der Waals surface area contributed by atoms with Gasteiger partial charge < -0.3 is 19.9 Å². The molecular formula is C14H19NO3. The van der Waals surface area contributed by atoms with Crippen LogP contribution < -0.4 is 19.9 Å². The molecule has 4 heteroatoms. The van der Waals surface area contributed by atoms with Crippen LogP contribution in [0.25, 0.3) is 0 Å². The first-order chi connectivity index (χ1) is 8.83. The third-order valence-corrected chi connectivity index (χ3v) is 3.82. The van der Waals surface area contributed by atoms with Gasteiger partial charge in [0.25, 0.3) is 0 Å². The van der Waals surface area contributed by atoms with E-state index >= 15 is 0 Å². The van der Waals surface area contributed by atoms with Crippen LogP contribution in [-0.4, -0.2) is 19.4 Å². The molecule has 0 bridgehead atoms. The Kier molecular flexibility index (Phi) is 3.28. The van der Waals surface area contributed by atoms with Gasteiger partial charge in [-0.05, 0) is 37.3 Å². The van der Waals surface area contributed by atoms with Crippen LogP contribution in [0.1, 0.15) is 25.7 Å². The van der Waals surface area contributed by atoms with Crippen LogP contribution in [0.5, 0.6) is 17.2 Å². The highest BCUT2D eigenvalue weighted by molar-refractivity contribution is 5.46. The fourth-order valence-electron chi connectivity index (χ4n) is 2.72. The quantitative estimate of drug-likeness (QED) is 0.889. The van der Waals surface area contributed by atoms with Gasteiger partial charge in [0.1, 0.15) is 5.75 Å². The van der Waals surface area contributed by atoms with Gasteiger partial charge in [0, 0.05) is 12.1 Å². The van der Waals surface area contributed by atoms with Crippen molar-refractivity contribution < 1.29 is 14.2 Å². The molecule has 4 nitrogen and oxygen atoms in total. The molecule has 18 heavy (non-hydrogen) atoms. The predicted octanol–water partition coefficient (Wildman–Crippen LogP) is 2.31. The second-order valence-electron chi connectivity index (χ2n) is 5.01. The molecular weight excluding hydrogens is 230 g/mol. The summed E-state index contributed by atoms with van der Waals surface area (Å²) in [5.41, 5.74) is 6.04. The highest BCUT2D eigenvalue weighted by atomic mass is 16.7. The molecule has 1 aliphatic carbocycles. The van der Waals surface area contributed by atoms with Crippen molar-refractivity contribution in [2.45, 2.75) is 31.7 Å². The summed E-state index contributed by atoms with van der Waals surface area (Å²) in [6, 6.07) is 6.06. The van der Waals surface area contributed by atoms with Crippen molar-refractivity contribution in [1.29, 1.82) is 0 Å². The summed E-state index contributed by atoms with van der Waals surface area (Å²) in [6.07, 6.45) is 4.70. The van der Waals surface area contributed by atoms with E-state index in [-0.39, 0.29) is 0 Å². The lowest BCUT2D eigenvalue weighted by Crippen LogP contribution is -2.25. The minimum Gasteiger partial charge on any atom is -0.493 e. The Morgan fingerprint density at radius 1 is 1.22 bits per heavy atom. The summed E-state index contributed by atoms with van der Waals surface area (Å²) < 4.78 is 16.3. The Morgan fingerprint density at radius 3 is 2.94 bits per heavy atom. The highest BCUT2D eigenvalue weighted by Gasteiger charge is 2.23. The molecule has 1 heterocycles. The molecule has 2 aliphatic rings. The lowest BCUT2D eigenvalue weighted by molar-refractivity contribution is 0.173. The Morgan fingerprint density at radius 2 is 2.11 bits per heavy atom. The van der Waals surface area contributed by atoms with Gasteiger partial charge in [-0.2, -0.15) is 0 Å². The van der Waals surface area contributed by atoms with Gasteiger partial charge in [-0.25, -0.2) is 0 Å². The number of ether oxygens (including phenoxy) is 3. The molecule has 0 aromatic heterocycles. The average Bonchev–Trinajstić information content (AvgIpc) is 2.98. The summed E-state index contributed by atoms with van der Waals surface area (Å²) in [7, 11) is 0. The van der Waals surface area contributed by atoms with Gasteiger partial charge in [0.2, 0.25) is 6.79 Å². The largest absolute Gasteiger partial charge is 0.493 e. The zero-order chi connectivity index (χ0) is 12.4. The number of nitrogens with two attached hydrogens (primary N) is 1. The topological polar surface area (TPSA) is 53.7 Å². The SMILES string of the molecule is NC1CCCC1CCOc1ccc2c(c1)OCO2. The zero-order valence-electron chi connectivity index (χ0n) is 10.4. The van der Waals surface area contributed by atoms with Crippen LogP contribution in [0.4, 0.5) is 0 Å². The van der Waals surface area contributed by atoms with Crippen LogP contribution in [-0.2, 0) is 0 Å². The van der Waals surface area contributed by atoms with E-state index < -0.39 is 0 Å². The summed E-state index contributed by atoms with van der Waals surface area (Å²) in [5.74, 6) is 3.02. The summed E-state index contributed by atoms with van der Waals surface area (Å²) in [5, 5.41) is 0. The summed E-state index contributed by atoms with van der Waals surface area (Å²) >= 11 is 0. The van der Waals surface area contributed by atoms with Crippen molar-refractivity contribution in [2.75, 3.05) is 13.4 Å². The van der Waals surface area contributed by atoms with Crippen LogP contribution in [0.2, 0.25) is 0 Å². The maximum atomic E-state index is 6.04. The van der Waals surface area contributed by atoms with E-state index in [0.29, 0.717) is 18.8 Å². The lowest BCUT2D eigenvalue weighted by atomic mass is 10.0. The highest BCUT2D eigenvalue weighted by Crippen LogP contribution is 2.35. The van der Waals surface area contributed by atoms with Crippen LogP contribution in [0.3, 0.4) is 0 Å². The fraction of sp³-hybridized carbons (Fsp3) is 0.571. The second kappa shape index (κ2) is 5.06. The molecule has 0 radical (unpaired) electrons. The molecule has 1 aromatic carbocycles. The van der Waals surface area contributed by atoms with Crippen molar-refractivity contribution >= 4 is 0 Å². The first-order valence-electron chi connectivity index (χ1n) is 6.61. The molecule has 3 rings (SSSR count). The monoisotopic (exact) mass is 249 g/mol. The number of benzene rings is 1. The Bertz CT molecular complexity index is 422. The predicted molar refractivity (Wildman–Crippen MR) is 68.0 cm³/mol. The average molecular weight is 249 g/mol. The molecule has 1 aromatic rings. The van der Waals surface area contributed by atoms with Crippen molar-refractivity contribution in [2.24, 2.45) is 11.7 Å². The van der Waals surface area contributed by atoms with Crippen LogP contribution >= 0.6 is 0 Å². The number of hydrogen-bond acceptors (Lipinski definition) is 4. The molecule has 1 saturated carbocycles. The smallest absolute Gasteiger partial charge is 0.231 e. The zero-order valence-corrected chi connectivity index (χ0v) is 10.4. The van der Waals surface area contributed by atoms with Crippen LogP contribution in [0.15, 0.2) is 18.2 Å². The molecule has 1 aliphatic heterocycles. The standard InChI is InChI=1S/C14H19NO3/c15-12-3-1-2-10(12)6-7-16-11-4-5-13-14(8-11)18-9-17-13/h4-5,8,10,12H,1-3,6-7,9,15H2. The number of hydrogen-bond donors (Lipinski definition) is 1.